The molecule has 2 aromatic carbocycles. The van der Waals surface area contributed by atoms with Crippen molar-refractivity contribution in [2.24, 2.45) is 0 Å². The Labute approximate surface area is 132 Å². The first-order chi connectivity index (χ1) is 10.7. The number of likely N-dealkylation sites (N-methyl/N-ethyl adjacent to an activating group) is 1. The van der Waals surface area contributed by atoms with Gasteiger partial charge in [0.15, 0.2) is 0 Å². The maximum Gasteiger partial charge on any atom is 0.409 e. The summed E-state index contributed by atoms with van der Waals surface area (Å²) in [5.41, 5.74) is 2.44. The lowest BCUT2D eigenvalue weighted by molar-refractivity contribution is 0.101. The zero-order valence-electron chi connectivity index (χ0n) is 13.2. The fourth-order valence-corrected chi connectivity index (χ4v) is 2.49. The zero-order valence-corrected chi connectivity index (χ0v) is 13.2. The molecule has 2 rings (SSSR count). The Hall–Kier alpha value is -2.29. The molecule has 0 aromatic heterocycles. The van der Waals surface area contributed by atoms with Crippen LogP contribution in [0.3, 0.4) is 0 Å². The Morgan fingerprint density at radius 1 is 0.955 bits per heavy atom. The van der Waals surface area contributed by atoms with Crippen LogP contribution in [0.1, 0.15) is 18.1 Å². The van der Waals surface area contributed by atoms with Gasteiger partial charge in [-0.25, -0.2) is 4.79 Å². The van der Waals surface area contributed by atoms with E-state index < -0.39 is 0 Å². The molecule has 0 radical (unpaired) electrons. The van der Waals surface area contributed by atoms with Crippen molar-refractivity contribution in [3.63, 3.8) is 0 Å². The highest BCUT2D eigenvalue weighted by atomic mass is 16.6. The van der Waals surface area contributed by atoms with E-state index >= 15 is 0 Å². The maximum atomic E-state index is 12.1. The van der Waals surface area contributed by atoms with Crippen molar-refractivity contribution >= 4 is 6.09 Å². The number of carbonyl (C=O) groups excluding carboxylic acids is 1. The third-order valence-corrected chi connectivity index (χ3v) is 3.73. The molecule has 0 aliphatic heterocycles. The van der Waals surface area contributed by atoms with Gasteiger partial charge in [-0.15, -0.1) is 0 Å². The van der Waals surface area contributed by atoms with Crippen LogP contribution in [0, 0.1) is 0 Å². The van der Waals surface area contributed by atoms with E-state index in [2.05, 4.69) is 24.3 Å². The second-order valence-electron chi connectivity index (χ2n) is 5.34. The van der Waals surface area contributed by atoms with Gasteiger partial charge in [0.25, 0.3) is 0 Å². The average Bonchev–Trinajstić information content (AvgIpc) is 2.56. The Bertz CT molecular complexity index is 527. The number of ether oxygens (including phenoxy) is 1. The van der Waals surface area contributed by atoms with Crippen molar-refractivity contribution in [1.29, 1.82) is 0 Å². The van der Waals surface area contributed by atoms with Crippen molar-refractivity contribution in [1.82, 2.24) is 4.90 Å². The minimum Gasteiger partial charge on any atom is -0.450 e. The molecule has 1 amide bonds. The van der Waals surface area contributed by atoms with Gasteiger partial charge >= 0.3 is 6.09 Å². The molecule has 22 heavy (non-hydrogen) atoms. The minimum atomic E-state index is -0.264. The molecule has 0 fully saturated rings. The molecule has 0 bridgehead atoms. The minimum absolute atomic E-state index is 0.0730. The molecule has 0 saturated heterocycles. The van der Waals surface area contributed by atoms with Crippen molar-refractivity contribution < 1.29 is 9.53 Å². The zero-order chi connectivity index (χ0) is 15.8. The SMILES string of the molecule is CCOC(=O)N(C)C(Cc1ccccc1)Cc1ccccc1. The Kier molecular flexibility index (Phi) is 6.01. The van der Waals surface area contributed by atoms with Gasteiger partial charge in [-0.05, 0) is 30.9 Å². The molecule has 0 spiro atoms. The van der Waals surface area contributed by atoms with Crippen molar-refractivity contribution in [3.8, 4) is 0 Å². The first kappa shape index (κ1) is 16.1. The molecule has 0 heterocycles. The summed E-state index contributed by atoms with van der Waals surface area (Å²) in [6.45, 7) is 2.22. The van der Waals surface area contributed by atoms with E-state index in [0.717, 1.165) is 12.8 Å². The van der Waals surface area contributed by atoms with Crippen LogP contribution in [0.25, 0.3) is 0 Å². The molecule has 0 atom stereocenters. The molecule has 116 valence electrons. The highest BCUT2D eigenvalue weighted by Gasteiger charge is 2.21. The van der Waals surface area contributed by atoms with Crippen LogP contribution in [0.4, 0.5) is 4.79 Å². The molecule has 2 aromatic rings. The Morgan fingerprint density at radius 3 is 1.82 bits per heavy atom. The number of hydrogen-bond acceptors (Lipinski definition) is 2. The number of hydrogen-bond donors (Lipinski definition) is 0. The lowest BCUT2D eigenvalue weighted by Gasteiger charge is -2.28. The normalized spacial score (nSPS) is 10.5. The van der Waals surface area contributed by atoms with Crippen molar-refractivity contribution in [3.05, 3.63) is 71.8 Å². The average molecular weight is 297 g/mol. The quantitative estimate of drug-likeness (QED) is 0.808. The van der Waals surface area contributed by atoms with Crippen LogP contribution < -0.4 is 0 Å². The number of rotatable bonds is 6. The number of carbonyl (C=O) groups is 1. The monoisotopic (exact) mass is 297 g/mol. The molecular formula is C19H23NO2. The van der Waals surface area contributed by atoms with E-state index in [4.69, 9.17) is 4.74 Å². The predicted molar refractivity (Wildman–Crippen MR) is 88.9 cm³/mol. The Balaban J connectivity index is 2.14. The summed E-state index contributed by atoms with van der Waals surface area (Å²) in [7, 11) is 1.81. The van der Waals surface area contributed by atoms with Crippen LogP contribution in [-0.2, 0) is 17.6 Å². The van der Waals surface area contributed by atoms with Crippen molar-refractivity contribution in [2.75, 3.05) is 13.7 Å². The molecule has 3 nitrogen and oxygen atoms in total. The third kappa shape index (κ3) is 4.62. The molecule has 0 saturated carbocycles. The van der Waals surface area contributed by atoms with Gasteiger partial charge in [-0.2, -0.15) is 0 Å². The molecule has 0 aliphatic rings. The van der Waals surface area contributed by atoms with E-state index in [1.807, 2.05) is 50.4 Å². The highest BCUT2D eigenvalue weighted by Crippen LogP contribution is 2.14. The summed E-state index contributed by atoms with van der Waals surface area (Å²) in [5.74, 6) is 0. The van der Waals surface area contributed by atoms with E-state index in [0.29, 0.717) is 6.61 Å². The van der Waals surface area contributed by atoms with Crippen LogP contribution >= 0.6 is 0 Å². The molecule has 3 heteroatoms. The predicted octanol–water partition coefficient (Wildman–Crippen LogP) is 3.93. The molecular weight excluding hydrogens is 274 g/mol. The van der Waals surface area contributed by atoms with Crippen LogP contribution in [0.15, 0.2) is 60.7 Å². The fourth-order valence-electron chi connectivity index (χ4n) is 2.49. The first-order valence-corrected chi connectivity index (χ1v) is 7.68. The molecule has 0 aliphatic carbocycles. The van der Waals surface area contributed by atoms with E-state index in [9.17, 15) is 4.79 Å². The largest absolute Gasteiger partial charge is 0.450 e. The second-order valence-corrected chi connectivity index (χ2v) is 5.34. The van der Waals surface area contributed by atoms with Gasteiger partial charge < -0.3 is 9.64 Å². The van der Waals surface area contributed by atoms with Gasteiger partial charge in [0.1, 0.15) is 0 Å². The van der Waals surface area contributed by atoms with Gasteiger partial charge in [0.05, 0.1) is 6.61 Å². The van der Waals surface area contributed by atoms with Crippen LogP contribution in [0.5, 0.6) is 0 Å². The van der Waals surface area contributed by atoms with Crippen LogP contribution in [0.2, 0.25) is 0 Å². The van der Waals surface area contributed by atoms with E-state index in [-0.39, 0.29) is 12.1 Å². The van der Waals surface area contributed by atoms with Gasteiger partial charge in [-0.1, -0.05) is 60.7 Å². The number of benzene rings is 2. The van der Waals surface area contributed by atoms with E-state index in [1.165, 1.54) is 11.1 Å². The summed E-state index contributed by atoms with van der Waals surface area (Å²) in [6, 6.07) is 20.6. The number of nitrogens with zero attached hydrogens (tertiary/aromatic N) is 1. The molecule has 0 N–H and O–H groups in total. The first-order valence-electron chi connectivity index (χ1n) is 7.68. The standard InChI is InChI=1S/C19H23NO2/c1-3-22-19(21)20(2)18(14-16-10-6-4-7-11-16)15-17-12-8-5-9-13-17/h4-13,18H,3,14-15H2,1-2H3. The third-order valence-electron chi connectivity index (χ3n) is 3.73. The topological polar surface area (TPSA) is 29.5 Å². The lowest BCUT2D eigenvalue weighted by Crippen LogP contribution is -2.40. The summed E-state index contributed by atoms with van der Waals surface area (Å²) in [6.07, 6.45) is 1.36. The van der Waals surface area contributed by atoms with Gasteiger partial charge in [0.2, 0.25) is 0 Å². The summed E-state index contributed by atoms with van der Waals surface area (Å²) < 4.78 is 5.15. The fraction of sp³-hybridized carbons (Fsp3) is 0.316. The second kappa shape index (κ2) is 8.23. The summed E-state index contributed by atoms with van der Waals surface area (Å²) in [5, 5.41) is 0. The Morgan fingerprint density at radius 2 is 1.41 bits per heavy atom. The van der Waals surface area contributed by atoms with Gasteiger partial charge in [0, 0.05) is 13.1 Å². The lowest BCUT2D eigenvalue weighted by atomic mass is 9.98. The maximum absolute atomic E-state index is 12.1. The smallest absolute Gasteiger partial charge is 0.409 e. The summed E-state index contributed by atoms with van der Waals surface area (Å²) in [4.78, 5) is 13.8. The van der Waals surface area contributed by atoms with Crippen LogP contribution in [-0.4, -0.2) is 30.7 Å². The molecule has 0 unspecified atom stereocenters. The van der Waals surface area contributed by atoms with E-state index in [1.54, 1.807) is 4.90 Å². The summed E-state index contributed by atoms with van der Waals surface area (Å²) >= 11 is 0. The highest BCUT2D eigenvalue weighted by molar-refractivity contribution is 5.67. The number of amides is 1. The van der Waals surface area contributed by atoms with Gasteiger partial charge in [-0.3, -0.25) is 0 Å². The van der Waals surface area contributed by atoms with Crippen molar-refractivity contribution in [2.45, 2.75) is 25.8 Å².